The normalized spacial score (nSPS) is 13.4. The van der Waals surface area contributed by atoms with Crippen LogP contribution >= 0.6 is 47.8 Å². The van der Waals surface area contributed by atoms with Crippen molar-refractivity contribution in [1.82, 2.24) is 5.32 Å². The highest BCUT2D eigenvalue weighted by Gasteiger charge is 2.44. The molecule has 23 heteroatoms. The minimum Gasteiger partial charge on any atom is -0.480 e. The number of carbonyl (C=O) groups is 2. The van der Waals surface area contributed by atoms with E-state index in [2.05, 4.69) is 96.3 Å². The third-order valence-corrected chi connectivity index (χ3v) is 14.3. The molecule has 0 aliphatic rings. The van der Waals surface area contributed by atoms with Gasteiger partial charge < -0.3 is 20.4 Å². The summed E-state index contributed by atoms with van der Waals surface area (Å²) in [5.41, 5.74) is 3.97. The third kappa shape index (κ3) is 22.1. The number of benzene rings is 8. The summed E-state index contributed by atoms with van der Waals surface area (Å²) < 4.78 is 169. The fourth-order valence-electron chi connectivity index (χ4n) is 8.11. The summed E-state index contributed by atoms with van der Waals surface area (Å²) in [6.45, 7) is 2.15. The first kappa shape index (κ1) is 71.0. The molecule has 0 aliphatic carbocycles. The number of alkyl halides is 13. The van der Waals surface area contributed by atoms with Gasteiger partial charge in [-0.25, -0.2) is 30.7 Å². The van der Waals surface area contributed by atoms with Gasteiger partial charge in [-0.15, -0.1) is 0 Å². The zero-order valence-corrected chi connectivity index (χ0v) is 50.2. The Bertz CT molecular complexity index is 3360. The number of aliphatic hydroxyl groups is 3. The van der Waals surface area contributed by atoms with Crippen molar-refractivity contribution in [2.24, 2.45) is 0 Å². The minimum absolute atomic E-state index is 0.00259. The molecule has 0 saturated heterocycles. The molecule has 8 aromatic carbocycles. The van der Waals surface area contributed by atoms with Crippen molar-refractivity contribution < 1.29 is 87.1 Å². The maximum absolute atomic E-state index is 13.9. The fourth-order valence-corrected chi connectivity index (χ4v) is 8.90. The molecule has 0 spiro atoms. The van der Waals surface area contributed by atoms with Gasteiger partial charge in [0, 0.05) is 25.4 Å². The molecule has 0 amide bonds. The van der Waals surface area contributed by atoms with E-state index >= 15 is 0 Å². The molecular weight excluding hydrogens is 1370 g/mol. The van der Waals surface area contributed by atoms with E-state index in [1.807, 2.05) is 29.6 Å². The van der Waals surface area contributed by atoms with Gasteiger partial charge in [0.05, 0.1) is 0 Å². The van der Waals surface area contributed by atoms with Crippen molar-refractivity contribution >= 4 is 59.5 Å². The molecule has 0 unspecified atom stereocenters. The molecule has 0 saturated carbocycles. The van der Waals surface area contributed by atoms with Gasteiger partial charge in [-0.3, -0.25) is 14.9 Å². The second-order valence-electron chi connectivity index (χ2n) is 19.7. The predicted molar refractivity (Wildman–Crippen MR) is 317 cm³/mol. The number of hydrogen-bond acceptors (Lipinski definition) is 6. The van der Waals surface area contributed by atoms with Gasteiger partial charge in [-0.1, -0.05) is 206 Å². The zero-order chi connectivity index (χ0) is 64.6. The van der Waals surface area contributed by atoms with Crippen LogP contribution in [0.2, 0.25) is 0 Å². The van der Waals surface area contributed by atoms with Gasteiger partial charge in [0.15, 0.2) is 0 Å². The van der Waals surface area contributed by atoms with Gasteiger partial charge in [0.2, 0.25) is 0 Å². The Hall–Kier alpha value is -6.73. The molecule has 0 heterocycles. The lowest BCUT2D eigenvalue weighted by Gasteiger charge is -2.28. The molecule has 8 rings (SSSR count). The van der Waals surface area contributed by atoms with E-state index in [0.717, 1.165) is 62.7 Å². The summed E-state index contributed by atoms with van der Waals surface area (Å²) in [5.74, 6) is -3.54. The Morgan fingerprint density at radius 1 is 0.402 bits per heavy atom. The van der Waals surface area contributed by atoms with Crippen LogP contribution < -0.4 is 5.32 Å². The van der Waals surface area contributed by atoms with Crippen LogP contribution in [0.3, 0.4) is 0 Å². The number of hydrogen-bond donors (Lipinski definition) is 5. The molecule has 0 aromatic heterocycles. The summed E-state index contributed by atoms with van der Waals surface area (Å²) >= 11 is 10.2. The first-order chi connectivity index (χ1) is 40.7. The van der Waals surface area contributed by atoms with E-state index in [4.69, 9.17) is 0 Å². The molecule has 5 N–H and O–H groups in total. The summed E-state index contributed by atoms with van der Waals surface area (Å²) in [4.78, 5) is 22.4. The molecule has 7 nitrogen and oxygen atoms in total. The second-order valence-corrected chi connectivity index (χ2v) is 22.5. The molecule has 462 valence electrons. The molecule has 0 aliphatic heterocycles. The predicted octanol–water partition coefficient (Wildman–Crippen LogP) is 19.1. The maximum Gasteiger partial charge on any atom is 0.454 e. The maximum atomic E-state index is 13.9. The van der Waals surface area contributed by atoms with Crippen LogP contribution in [0.5, 0.6) is 0 Å². The lowest BCUT2D eigenvalue weighted by Crippen LogP contribution is -2.47. The Labute approximate surface area is 516 Å². The molecule has 87 heavy (non-hydrogen) atoms. The van der Waals surface area contributed by atoms with E-state index in [0.29, 0.717) is 22.3 Å². The highest BCUT2D eigenvalue weighted by Crippen LogP contribution is 2.36. The van der Waals surface area contributed by atoms with Crippen LogP contribution in [-0.2, 0) is 4.79 Å². The molecule has 0 bridgehead atoms. The van der Waals surface area contributed by atoms with Crippen molar-refractivity contribution in [3.05, 3.63) is 235 Å². The Morgan fingerprint density at radius 2 is 0.632 bits per heavy atom. The van der Waals surface area contributed by atoms with Gasteiger partial charge in [-0.2, -0.15) is 26.3 Å². The number of carboxylic acids is 1. The number of rotatable bonds is 17. The van der Waals surface area contributed by atoms with E-state index in [1.165, 1.54) is 96.1 Å². The van der Waals surface area contributed by atoms with E-state index in [-0.39, 0.29) is 22.3 Å². The Morgan fingerprint density at radius 3 is 0.839 bits per heavy atom. The Balaban J connectivity index is 0.000000221. The van der Waals surface area contributed by atoms with Crippen LogP contribution in [-0.4, -0.2) is 75.5 Å². The topological polar surface area (TPSA) is 127 Å². The number of carboxylic acid groups (broad SMARTS) is 1. The quantitative estimate of drug-likeness (QED) is 0.0454. The fraction of sp³-hybridized carbons (Fsp3) is 0.219. The molecule has 0 fully saturated rings. The first-order valence-electron chi connectivity index (χ1n) is 25.7. The summed E-state index contributed by atoms with van der Waals surface area (Å²) in [6, 6.07) is 47.5. The lowest BCUT2D eigenvalue weighted by atomic mass is 9.96. The van der Waals surface area contributed by atoms with Crippen molar-refractivity contribution in [2.75, 3.05) is 0 Å². The van der Waals surface area contributed by atoms with Crippen molar-refractivity contribution in [3.63, 3.8) is 0 Å². The first-order valence-corrected chi connectivity index (χ1v) is 28.1. The number of Topliss-reactive ketones (excluding diaryl/α,β-unsaturated/α-hetero) is 1. The largest absolute Gasteiger partial charge is 0.480 e. The number of ketones is 1. The smallest absolute Gasteiger partial charge is 0.454 e. The second kappa shape index (κ2) is 32.0. The van der Waals surface area contributed by atoms with Crippen molar-refractivity contribution in [3.8, 4) is 44.5 Å². The molecule has 8 aromatic rings. The summed E-state index contributed by atoms with van der Waals surface area (Å²) in [5, 5.41) is 39.1. The van der Waals surface area contributed by atoms with Crippen molar-refractivity contribution in [1.29, 1.82) is 0 Å². The van der Waals surface area contributed by atoms with E-state index in [1.54, 1.807) is 12.1 Å². The van der Waals surface area contributed by atoms with Gasteiger partial charge in [0.25, 0.3) is 25.1 Å². The average molecular weight is 1420 g/mol. The number of aliphatic carboxylic acids is 1. The summed E-state index contributed by atoms with van der Waals surface area (Å²) in [7, 11) is 0. The third-order valence-electron chi connectivity index (χ3n) is 12.7. The van der Waals surface area contributed by atoms with Gasteiger partial charge >= 0.3 is 18.3 Å². The lowest BCUT2D eigenvalue weighted by molar-refractivity contribution is -0.164. The number of carbonyl (C=O) groups excluding carboxylic acids is 1. The van der Waals surface area contributed by atoms with Crippen LogP contribution in [0.15, 0.2) is 208 Å². The van der Waals surface area contributed by atoms with Crippen LogP contribution in [0, 0.1) is 0 Å². The van der Waals surface area contributed by atoms with Crippen LogP contribution in [0.25, 0.3) is 44.5 Å². The van der Waals surface area contributed by atoms with E-state index < -0.39 is 91.4 Å². The molecule has 0 radical (unpaired) electrons. The Kier molecular flexibility index (Phi) is 26.1. The number of halogens is 16. The number of nitrogens with one attached hydrogen (secondary N) is 1. The SMILES string of the molecule is Brc1ccc(-c2ccc(Br)cc2)cc1.CC(C)(F)C[C@H](N[C@@H](c1ccc(-c2ccc([C@@H](O)C(F)F)cc2)cc1)C(F)(F)F)C(=O)O.O=C(c1ccc(-c2ccc([C@@H](O)C(F)F)cc2)cc1)C(F)(F)F.O[C@H](c1ccc(-c2ccc(Br)cc2)cc1)C(F)F. The molecule has 5 atom stereocenters. The summed E-state index contributed by atoms with van der Waals surface area (Å²) in [6.07, 6.45) is -24.6. The highest BCUT2D eigenvalue weighted by atomic mass is 79.9. The zero-order valence-electron chi connectivity index (χ0n) is 45.5. The minimum atomic E-state index is -4.94. The standard InChI is InChI=1S/C22H23F6NO3.C16H11F5O2.C14H11BrF2O.C12H8Br2/c1-21(2,25)11-16(20(31)32)29-18(22(26,27)28)15-9-5-13(6-10-15)12-3-7-14(8-4-12)17(30)19(23)24;17-15(18)13(22)11-5-1-9(2-6-11)10-3-7-12(8-4-10)14(23)16(19,20)21;15-12-7-5-10(6-8-12)9-1-3-11(4-2-9)13(18)14(16)17;13-11-5-1-9(2-6-11)10-3-7-12(14)8-4-10/h3-10,16-19,29-30H,11H2,1-2H3,(H,31,32);1-8,13,15,22H;1-8,13-14,18H;1-8H/t16-,17+,18-;2*13-;/m011./s1. The van der Waals surface area contributed by atoms with E-state index in [9.17, 15) is 87.1 Å². The van der Waals surface area contributed by atoms with Gasteiger partial charge in [0.1, 0.15) is 36.1 Å². The van der Waals surface area contributed by atoms with Gasteiger partial charge in [-0.05, 0) is 117 Å². The average Bonchev–Trinajstić information content (AvgIpc) is 3.51. The van der Waals surface area contributed by atoms with Crippen LogP contribution in [0.1, 0.15) is 77.2 Å². The highest BCUT2D eigenvalue weighted by molar-refractivity contribution is 9.11. The van der Waals surface area contributed by atoms with Crippen LogP contribution in [0.4, 0.5) is 57.1 Å². The molecular formula is C64H53Br3F13NO6. The van der Waals surface area contributed by atoms with Crippen molar-refractivity contribution in [2.45, 2.75) is 88.0 Å². The monoisotopic (exact) mass is 1420 g/mol. The number of aliphatic hydroxyl groups excluding tert-OH is 3.